The van der Waals surface area contributed by atoms with E-state index in [4.69, 9.17) is 9.47 Å². The number of carbonyl (C=O) groups excluding carboxylic acids is 3. The number of ketones is 1. The van der Waals surface area contributed by atoms with Crippen LogP contribution in [-0.4, -0.2) is 89.1 Å². The van der Waals surface area contributed by atoms with Gasteiger partial charge in [-0.1, -0.05) is 61.2 Å². The highest BCUT2D eigenvalue weighted by atomic mass is 79.9. The number of amides is 3. The molecular formula is C49H61BrN8O7. The Bertz CT molecular complexity index is 2330. The maximum Gasteiger partial charge on any atom is 0.325 e. The van der Waals surface area contributed by atoms with E-state index in [1.165, 1.54) is 6.20 Å². The molecule has 7 rings (SSSR count). The number of ether oxygens (including phenoxy) is 2. The summed E-state index contributed by atoms with van der Waals surface area (Å²) in [7, 11) is 0. The number of nitro benzene ring substituents is 1. The van der Waals surface area contributed by atoms with Gasteiger partial charge in [0.1, 0.15) is 24.2 Å². The lowest BCUT2D eigenvalue weighted by atomic mass is 9.69. The highest BCUT2D eigenvalue weighted by molar-refractivity contribution is 9.10. The molecule has 65 heavy (non-hydrogen) atoms. The van der Waals surface area contributed by atoms with Crippen molar-refractivity contribution in [2.24, 2.45) is 11.3 Å². The van der Waals surface area contributed by atoms with Gasteiger partial charge in [0.05, 0.1) is 35.3 Å². The minimum Gasteiger partial charge on any atom is -0.489 e. The summed E-state index contributed by atoms with van der Waals surface area (Å²) in [4.78, 5) is 60.8. The average Bonchev–Trinajstić information content (AvgIpc) is 3.79. The lowest BCUT2D eigenvalue weighted by Crippen LogP contribution is -2.51. The van der Waals surface area contributed by atoms with Gasteiger partial charge in [0.25, 0.3) is 11.6 Å². The molecule has 3 amide bonds. The Morgan fingerprint density at radius 1 is 1.00 bits per heavy atom. The molecule has 4 N–H and O–H groups in total. The van der Waals surface area contributed by atoms with Crippen molar-refractivity contribution in [2.75, 3.05) is 55.3 Å². The van der Waals surface area contributed by atoms with Crippen LogP contribution < -0.4 is 26.0 Å². The third-order valence-electron chi connectivity index (χ3n) is 13.0. The Kier molecular flexibility index (Phi) is 15.9. The predicted octanol–water partition coefficient (Wildman–Crippen LogP) is 9.38. The predicted molar refractivity (Wildman–Crippen MR) is 255 cm³/mol. The zero-order valence-electron chi connectivity index (χ0n) is 37.8. The SMILES string of the molecule is Cc1cnc(NC(=O)Nc2cc(Br)c(C)cc2OC[C@@H]2CN(CCCCCCC(=O)Cc3ccc(C(=O)NCC(C)(C)C4Nc5ccc([N+](=O)[O-])cc5C5CCCC54)cc3)CCO2)cn1. The number of Topliss-reactive ketones (excluding diaryl/α,β-unsaturated/α-hetero) is 1. The van der Waals surface area contributed by atoms with E-state index in [1.54, 1.807) is 30.5 Å². The number of benzene rings is 3. The van der Waals surface area contributed by atoms with Gasteiger partial charge in [-0.25, -0.2) is 9.78 Å². The molecule has 15 nitrogen and oxygen atoms in total. The Morgan fingerprint density at radius 3 is 2.57 bits per heavy atom. The first-order chi connectivity index (χ1) is 31.2. The molecule has 3 unspecified atom stereocenters. The van der Waals surface area contributed by atoms with Crippen LogP contribution in [0.15, 0.2) is 71.5 Å². The van der Waals surface area contributed by atoms with E-state index >= 15 is 0 Å². The normalized spacial score (nSPS) is 19.3. The summed E-state index contributed by atoms with van der Waals surface area (Å²) in [6, 6.07) is 15.8. The Labute approximate surface area is 389 Å². The first-order valence-corrected chi connectivity index (χ1v) is 23.6. The number of aromatic nitrogens is 2. The van der Waals surface area contributed by atoms with Gasteiger partial charge in [-0.2, -0.15) is 0 Å². The Hall–Kier alpha value is -5.45. The first-order valence-electron chi connectivity index (χ1n) is 22.8. The molecule has 1 aromatic heterocycles. The number of unbranched alkanes of at least 4 members (excludes halogenated alkanes) is 3. The molecule has 3 heterocycles. The number of hydrogen-bond donors (Lipinski definition) is 4. The van der Waals surface area contributed by atoms with Crippen molar-refractivity contribution in [2.45, 2.75) is 104 Å². The molecule has 3 aromatic carbocycles. The monoisotopic (exact) mass is 952 g/mol. The molecule has 0 spiro atoms. The second-order valence-corrected chi connectivity index (χ2v) is 19.3. The third-order valence-corrected chi connectivity index (χ3v) is 13.8. The van der Waals surface area contributed by atoms with Gasteiger partial charge < -0.3 is 25.4 Å². The third kappa shape index (κ3) is 12.7. The number of non-ortho nitro benzene ring substituents is 1. The summed E-state index contributed by atoms with van der Waals surface area (Å²) in [5.74, 6) is 1.54. The van der Waals surface area contributed by atoms with Crippen molar-refractivity contribution in [3.63, 3.8) is 0 Å². The number of anilines is 3. The molecule has 1 aliphatic carbocycles. The van der Waals surface area contributed by atoms with Crippen LogP contribution in [0.2, 0.25) is 0 Å². The number of urea groups is 1. The molecule has 3 aliphatic rings. The van der Waals surface area contributed by atoms with Crippen LogP contribution in [-0.2, 0) is 16.0 Å². The van der Waals surface area contributed by atoms with Crippen molar-refractivity contribution in [3.8, 4) is 5.75 Å². The number of hydrogen-bond acceptors (Lipinski definition) is 11. The van der Waals surface area contributed by atoms with Crippen molar-refractivity contribution in [1.82, 2.24) is 20.2 Å². The summed E-state index contributed by atoms with van der Waals surface area (Å²) in [5, 5.41) is 23.9. The van der Waals surface area contributed by atoms with Crippen LogP contribution in [0.25, 0.3) is 0 Å². The molecular weight excluding hydrogens is 892 g/mol. The summed E-state index contributed by atoms with van der Waals surface area (Å²) < 4.78 is 13.1. The molecule has 1 saturated carbocycles. The van der Waals surface area contributed by atoms with E-state index in [-0.39, 0.29) is 45.8 Å². The van der Waals surface area contributed by atoms with Gasteiger partial charge in [-0.15, -0.1) is 0 Å². The molecule has 1 saturated heterocycles. The average molecular weight is 954 g/mol. The van der Waals surface area contributed by atoms with E-state index < -0.39 is 6.03 Å². The van der Waals surface area contributed by atoms with Gasteiger partial charge in [-0.3, -0.25) is 34.9 Å². The highest BCUT2D eigenvalue weighted by Gasteiger charge is 2.46. The van der Waals surface area contributed by atoms with Gasteiger partial charge in [-0.05, 0) is 105 Å². The standard InChI is InChI=1S/C49H61BrN8O7/c1-31-22-44(43(25-41(31)50)55-48(61)56-45-27-51-32(2)26-52-45)65-29-37-28-57(20-21-64-37)19-8-6-5-7-10-36(59)23-33-13-15-34(16-14-33)47(60)53-30-49(3,4)46-39-12-9-11-38(39)40-24-35(58(62)63)17-18-42(40)54-46/h13-18,22,24-27,37-39,46,54H,5-12,19-21,23,28-30H2,1-4H3,(H,53,60)(H2,52,55,56,61)/t37-,38?,39?,46?/m0/s1. The van der Waals surface area contributed by atoms with Crippen LogP contribution >= 0.6 is 15.9 Å². The summed E-state index contributed by atoms with van der Waals surface area (Å²) in [6.07, 6.45) is 10.9. The molecule has 2 fully saturated rings. The Balaban J connectivity index is 0.781. The number of aryl methyl sites for hydroxylation is 2. The molecule has 346 valence electrons. The van der Waals surface area contributed by atoms with Gasteiger partial charge >= 0.3 is 6.03 Å². The molecule has 0 radical (unpaired) electrons. The maximum absolute atomic E-state index is 13.3. The van der Waals surface area contributed by atoms with Crippen molar-refractivity contribution >= 4 is 56.5 Å². The van der Waals surface area contributed by atoms with Crippen molar-refractivity contribution in [3.05, 3.63) is 110 Å². The largest absolute Gasteiger partial charge is 0.489 e. The molecule has 4 aromatic rings. The fraction of sp³-hybridized carbons (Fsp3) is 0.490. The number of nitrogens with one attached hydrogen (secondary N) is 4. The van der Waals surface area contributed by atoms with Crippen molar-refractivity contribution in [1.29, 1.82) is 0 Å². The lowest BCUT2D eigenvalue weighted by Gasteiger charge is -2.45. The van der Waals surface area contributed by atoms with E-state index in [1.807, 2.05) is 44.2 Å². The first kappa shape index (κ1) is 47.5. The van der Waals surface area contributed by atoms with Crippen LogP contribution in [0, 0.1) is 35.3 Å². The zero-order valence-corrected chi connectivity index (χ0v) is 39.4. The number of rotatable bonds is 19. The second kappa shape index (κ2) is 21.7. The van der Waals surface area contributed by atoms with E-state index in [9.17, 15) is 24.5 Å². The summed E-state index contributed by atoms with van der Waals surface area (Å²) in [6.45, 7) is 12.1. The van der Waals surface area contributed by atoms with Gasteiger partial charge in [0, 0.05) is 71.8 Å². The van der Waals surface area contributed by atoms with Crippen molar-refractivity contribution < 1.29 is 28.8 Å². The van der Waals surface area contributed by atoms with Crippen LogP contribution in [0.1, 0.15) is 104 Å². The Morgan fingerprint density at radius 2 is 1.80 bits per heavy atom. The molecule has 4 atom stereocenters. The van der Waals surface area contributed by atoms with E-state index in [0.29, 0.717) is 61.3 Å². The molecule has 2 aliphatic heterocycles. The number of fused-ring (bicyclic) bond motifs is 3. The number of halogens is 1. The second-order valence-electron chi connectivity index (χ2n) is 18.4. The summed E-state index contributed by atoms with van der Waals surface area (Å²) in [5.41, 5.74) is 5.54. The number of morpholine rings is 1. The number of nitro groups is 1. The number of nitrogens with zero attached hydrogens (tertiary/aromatic N) is 4. The summed E-state index contributed by atoms with van der Waals surface area (Å²) >= 11 is 3.55. The fourth-order valence-electron chi connectivity index (χ4n) is 9.41. The van der Waals surface area contributed by atoms with Gasteiger partial charge in [0.15, 0.2) is 5.82 Å². The highest BCUT2D eigenvalue weighted by Crippen LogP contribution is 2.52. The quantitative estimate of drug-likeness (QED) is 0.0398. The van der Waals surface area contributed by atoms with Crippen LogP contribution in [0.5, 0.6) is 5.75 Å². The fourth-order valence-corrected chi connectivity index (χ4v) is 9.76. The molecule has 16 heteroatoms. The minimum atomic E-state index is -0.457. The van der Waals surface area contributed by atoms with Crippen LogP contribution in [0.4, 0.5) is 27.7 Å². The smallest absolute Gasteiger partial charge is 0.325 e. The van der Waals surface area contributed by atoms with E-state index in [0.717, 1.165) is 97.1 Å². The topological polar surface area (TPSA) is 190 Å². The van der Waals surface area contributed by atoms with E-state index in [2.05, 4.69) is 65.9 Å². The zero-order chi connectivity index (χ0) is 46.1. The minimum absolute atomic E-state index is 0.111. The van der Waals surface area contributed by atoms with Crippen LogP contribution in [0.3, 0.4) is 0 Å². The molecule has 0 bridgehead atoms. The number of carbonyl (C=O) groups is 3. The maximum atomic E-state index is 13.3. The lowest BCUT2D eigenvalue weighted by molar-refractivity contribution is -0.384. The van der Waals surface area contributed by atoms with Gasteiger partial charge in [0.2, 0.25) is 0 Å².